The Labute approximate surface area is 150 Å². The van der Waals surface area contributed by atoms with E-state index in [1.54, 1.807) is 7.11 Å². The highest BCUT2D eigenvalue weighted by atomic mass is 16.5. The summed E-state index contributed by atoms with van der Waals surface area (Å²) in [6, 6.07) is 14.0. The van der Waals surface area contributed by atoms with Crippen molar-refractivity contribution in [1.82, 2.24) is 5.32 Å². The fourth-order valence-corrected chi connectivity index (χ4v) is 2.66. The number of benzene rings is 2. The molecule has 2 aromatic rings. The van der Waals surface area contributed by atoms with Gasteiger partial charge in [-0.2, -0.15) is 0 Å². The highest BCUT2D eigenvalue weighted by Crippen LogP contribution is 2.19. The number of nitrogens with one attached hydrogen (secondary N) is 1. The van der Waals surface area contributed by atoms with Gasteiger partial charge in [0.2, 0.25) is 5.91 Å². The maximum Gasteiger partial charge on any atom is 0.220 e. The Bertz CT molecular complexity index is 697. The number of hydrogen-bond donors (Lipinski definition) is 1. The smallest absolute Gasteiger partial charge is 0.220 e. The van der Waals surface area contributed by atoms with Crippen molar-refractivity contribution in [2.45, 2.75) is 33.1 Å². The molecule has 134 valence electrons. The first-order valence-corrected chi connectivity index (χ1v) is 8.68. The summed E-state index contributed by atoms with van der Waals surface area (Å²) in [5.41, 5.74) is 3.47. The molecule has 0 aliphatic heterocycles. The van der Waals surface area contributed by atoms with Gasteiger partial charge in [0.1, 0.15) is 11.5 Å². The molecule has 0 bridgehead atoms. The summed E-state index contributed by atoms with van der Waals surface area (Å²) >= 11 is 0. The maximum absolute atomic E-state index is 11.9. The number of carbonyl (C=O) groups is 1. The Morgan fingerprint density at radius 3 is 2.64 bits per heavy atom. The topological polar surface area (TPSA) is 47.6 Å². The Morgan fingerprint density at radius 2 is 1.88 bits per heavy atom. The molecule has 0 aliphatic carbocycles. The summed E-state index contributed by atoms with van der Waals surface area (Å²) in [6.07, 6.45) is 1.93. The zero-order valence-corrected chi connectivity index (χ0v) is 15.3. The first-order chi connectivity index (χ1) is 12.1. The normalized spacial score (nSPS) is 10.4. The second kappa shape index (κ2) is 9.72. The van der Waals surface area contributed by atoms with Crippen molar-refractivity contribution in [3.63, 3.8) is 0 Å². The van der Waals surface area contributed by atoms with Gasteiger partial charge < -0.3 is 14.8 Å². The molecule has 1 N–H and O–H groups in total. The summed E-state index contributed by atoms with van der Waals surface area (Å²) in [4.78, 5) is 11.9. The largest absolute Gasteiger partial charge is 0.496 e. The minimum absolute atomic E-state index is 0.0551. The quantitative estimate of drug-likeness (QED) is 0.705. The lowest BCUT2D eigenvalue weighted by Crippen LogP contribution is -2.26. The molecule has 4 heteroatoms. The third-order valence-corrected chi connectivity index (χ3v) is 3.96. The van der Waals surface area contributed by atoms with E-state index in [0.29, 0.717) is 26.0 Å². The lowest BCUT2D eigenvalue weighted by atomic mass is 10.1. The van der Waals surface area contributed by atoms with E-state index < -0.39 is 0 Å². The second-order valence-electron chi connectivity index (χ2n) is 6.18. The van der Waals surface area contributed by atoms with Crippen LogP contribution in [-0.4, -0.2) is 26.2 Å². The summed E-state index contributed by atoms with van der Waals surface area (Å²) in [5.74, 6) is 1.78. The average Bonchev–Trinajstić information content (AvgIpc) is 2.59. The van der Waals surface area contributed by atoms with E-state index in [4.69, 9.17) is 9.47 Å². The molecule has 0 saturated carbocycles. The Balaban J connectivity index is 1.65. The van der Waals surface area contributed by atoms with Gasteiger partial charge >= 0.3 is 0 Å². The minimum atomic E-state index is 0.0551. The third-order valence-electron chi connectivity index (χ3n) is 3.96. The summed E-state index contributed by atoms with van der Waals surface area (Å²) < 4.78 is 11.0. The second-order valence-corrected chi connectivity index (χ2v) is 6.18. The van der Waals surface area contributed by atoms with Crippen molar-refractivity contribution >= 4 is 5.91 Å². The molecule has 1 amide bonds. The molecule has 2 rings (SSSR count). The van der Waals surface area contributed by atoms with Crippen LogP contribution in [0.2, 0.25) is 0 Å². The van der Waals surface area contributed by atoms with E-state index in [2.05, 4.69) is 18.3 Å². The van der Waals surface area contributed by atoms with Crippen LogP contribution in [0.15, 0.2) is 42.5 Å². The van der Waals surface area contributed by atoms with Crippen molar-refractivity contribution in [3.05, 3.63) is 59.2 Å². The molecule has 0 unspecified atom stereocenters. The monoisotopic (exact) mass is 341 g/mol. The van der Waals surface area contributed by atoms with Gasteiger partial charge in [-0.15, -0.1) is 0 Å². The van der Waals surface area contributed by atoms with E-state index in [1.165, 1.54) is 11.1 Å². The highest BCUT2D eigenvalue weighted by Gasteiger charge is 2.05. The van der Waals surface area contributed by atoms with Crippen LogP contribution < -0.4 is 14.8 Å². The molecule has 0 aromatic heterocycles. The van der Waals surface area contributed by atoms with Gasteiger partial charge in [0.05, 0.1) is 13.7 Å². The number of hydrogen-bond acceptors (Lipinski definition) is 3. The molecule has 4 nitrogen and oxygen atoms in total. The van der Waals surface area contributed by atoms with Crippen LogP contribution in [0.4, 0.5) is 0 Å². The lowest BCUT2D eigenvalue weighted by Gasteiger charge is -2.10. The van der Waals surface area contributed by atoms with Crippen molar-refractivity contribution < 1.29 is 14.3 Å². The standard InChI is InChI=1S/C21H27NO3/c1-16-6-4-7-19(15-16)25-13-5-8-21(23)22-12-11-18-14-17(2)9-10-20(18)24-3/h4,6-7,9-10,14-15H,5,8,11-13H2,1-3H3,(H,22,23). The predicted octanol–water partition coefficient (Wildman–Crippen LogP) is 3.83. The third kappa shape index (κ3) is 6.49. The molecule has 0 atom stereocenters. The highest BCUT2D eigenvalue weighted by molar-refractivity contribution is 5.75. The Kier molecular flexibility index (Phi) is 7.33. The first kappa shape index (κ1) is 18.8. The molecule has 0 spiro atoms. The molecular formula is C21H27NO3. The molecule has 25 heavy (non-hydrogen) atoms. The van der Waals surface area contributed by atoms with Crippen LogP contribution in [0.25, 0.3) is 0 Å². The SMILES string of the molecule is COc1ccc(C)cc1CCNC(=O)CCCOc1cccc(C)c1. The number of amides is 1. The van der Waals surface area contributed by atoms with Crippen molar-refractivity contribution in [2.75, 3.05) is 20.3 Å². The molecule has 0 heterocycles. The summed E-state index contributed by atoms with van der Waals surface area (Å²) in [5, 5.41) is 2.96. The number of rotatable bonds is 9. The molecule has 0 aliphatic rings. The molecule has 0 fully saturated rings. The van der Waals surface area contributed by atoms with Crippen LogP contribution in [-0.2, 0) is 11.2 Å². The maximum atomic E-state index is 11.9. The molecule has 0 saturated heterocycles. The Morgan fingerprint density at radius 1 is 1.08 bits per heavy atom. The van der Waals surface area contributed by atoms with E-state index in [1.807, 2.05) is 43.3 Å². The fraction of sp³-hybridized carbons (Fsp3) is 0.381. The van der Waals surface area contributed by atoms with E-state index in [0.717, 1.165) is 23.5 Å². The van der Waals surface area contributed by atoms with E-state index >= 15 is 0 Å². The van der Waals surface area contributed by atoms with Gasteiger partial charge in [0.25, 0.3) is 0 Å². The number of carbonyl (C=O) groups excluding carboxylic acids is 1. The van der Waals surface area contributed by atoms with Gasteiger partial charge in [-0.1, -0.05) is 29.8 Å². The van der Waals surface area contributed by atoms with Gasteiger partial charge in [-0.25, -0.2) is 0 Å². The van der Waals surface area contributed by atoms with E-state index in [9.17, 15) is 4.79 Å². The van der Waals surface area contributed by atoms with Crippen molar-refractivity contribution in [2.24, 2.45) is 0 Å². The van der Waals surface area contributed by atoms with Gasteiger partial charge in [-0.05, 0) is 56.0 Å². The van der Waals surface area contributed by atoms with Gasteiger partial charge in [0, 0.05) is 13.0 Å². The van der Waals surface area contributed by atoms with Crippen LogP contribution in [0, 0.1) is 13.8 Å². The van der Waals surface area contributed by atoms with Crippen molar-refractivity contribution in [3.8, 4) is 11.5 Å². The molecule has 0 radical (unpaired) electrons. The van der Waals surface area contributed by atoms with Crippen LogP contribution in [0.3, 0.4) is 0 Å². The summed E-state index contributed by atoms with van der Waals surface area (Å²) in [7, 11) is 1.67. The number of methoxy groups -OCH3 is 1. The Hall–Kier alpha value is -2.49. The zero-order valence-electron chi connectivity index (χ0n) is 15.3. The van der Waals surface area contributed by atoms with Crippen LogP contribution in [0.5, 0.6) is 11.5 Å². The van der Waals surface area contributed by atoms with Gasteiger partial charge in [0.15, 0.2) is 0 Å². The van der Waals surface area contributed by atoms with Crippen molar-refractivity contribution in [1.29, 1.82) is 0 Å². The van der Waals surface area contributed by atoms with Gasteiger partial charge in [-0.3, -0.25) is 4.79 Å². The average molecular weight is 341 g/mol. The minimum Gasteiger partial charge on any atom is -0.496 e. The lowest BCUT2D eigenvalue weighted by molar-refractivity contribution is -0.121. The molecular weight excluding hydrogens is 314 g/mol. The summed E-state index contributed by atoms with van der Waals surface area (Å²) in [6.45, 7) is 5.24. The number of ether oxygens (including phenoxy) is 2. The van der Waals surface area contributed by atoms with E-state index in [-0.39, 0.29) is 5.91 Å². The number of aryl methyl sites for hydroxylation is 2. The first-order valence-electron chi connectivity index (χ1n) is 8.68. The zero-order chi connectivity index (χ0) is 18.1. The van der Waals surface area contributed by atoms with Crippen LogP contribution in [0.1, 0.15) is 29.5 Å². The predicted molar refractivity (Wildman–Crippen MR) is 100 cm³/mol. The van der Waals surface area contributed by atoms with Crippen LogP contribution >= 0.6 is 0 Å². The fourth-order valence-electron chi connectivity index (χ4n) is 2.66. The molecule has 2 aromatic carbocycles.